The van der Waals surface area contributed by atoms with E-state index in [2.05, 4.69) is 10.1 Å². The highest BCUT2D eigenvalue weighted by molar-refractivity contribution is 5.79. The quantitative estimate of drug-likeness (QED) is 0.846. The normalized spacial score (nSPS) is 27.1. The lowest BCUT2D eigenvalue weighted by Gasteiger charge is -2.38. The molecule has 0 spiro atoms. The number of rotatable bonds is 3. The van der Waals surface area contributed by atoms with Crippen LogP contribution in [0.1, 0.15) is 31.2 Å². The van der Waals surface area contributed by atoms with Crippen LogP contribution in [-0.2, 0) is 16.1 Å². The van der Waals surface area contributed by atoms with Crippen LogP contribution in [0.25, 0.3) is 0 Å². The number of hydrogen-bond donors (Lipinski definition) is 0. The first kappa shape index (κ1) is 15.5. The van der Waals surface area contributed by atoms with E-state index in [0.717, 1.165) is 63.6 Å². The Labute approximate surface area is 131 Å². The molecule has 1 aromatic heterocycles. The molecule has 6 heteroatoms. The molecule has 3 heterocycles. The van der Waals surface area contributed by atoms with E-state index in [0.29, 0.717) is 0 Å². The predicted octanol–water partition coefficient (Wildman–Crippen LogP) is 1.44. The minimum absolute atomic E-state index is 0.0391. The third-order valence-electron chi connectivity index (χ3n) is 4.66. The Hall–Kier alpha value is -1.40. The van der Waals surface area contributed by atoms with Gasteiger partial charge in [0.05, 0.1) is 24.3 Å². The third-order valence-corrected chi connectivity index (χ3v) is 4.66. The maximum absolute atomic E-state index is 12.6. The van der Waals surface area contributed by atoms with Gasteiger partial charge in [0, 0.05) is 38.9 Å². The molecule has 0 aromatic carbocycles. The number of piperazine rings is 1. The lowest BCUT2D eigenvalue weighted by molar-refractivity contribution is -0.145. The second-order valence-corrected chi connectivity index (χ2v) is 6.36. The van der Waals surface area contributed by atoms with E-state index < -0.39 is 0 Å². The molecule has 6 nitrogen and oxygen atoms in total. The van der Waals surface area contributed by atoms with Crippen LogP contribution in [-0.4, -0.2) is 59.8 Å². The van der Waals surface area contributed by atoms with Gasteiger partial charge in [0.25, 0.3) is 0 Å². The number of aromatic nitrogens is 1. The van der Waals surface area contributed by atoms with Crippen molar-refractivity contribution in [1.82, 2.24) is 15.0 Å². The number of carbonyl (C=O) groups excluding carboxylic acids is 1. The zero-order valence-electron chi connectivity index (χ0n) is 13.5. The lowest BCUT2D eigenvalue weighted by Crippen LogP contribution is -2.52. The Bertz CT molecular complexity index is 508. The first-order valence-corrected chi connectivity index (χ1v) is 8.18. The lowest BCUT2D eigenvalue weighted by atomic mass is 9.93. The van der Waals surface area contributed by atoms with Crippen LogP contribution in [0.3, 0.4) is 0 Å². The summed E-state index contributed by atoms with van der Waals surface area (Å²) in [7, 11) is 0. The monoisotopic (exact) mass is 307 g/mol. The van der Waals surface area contributed by atoms with Crippen molar-refractivity contribution in [2.75, 3.05) is 32.8 Å². The van der Waals surface area contributed by atoms with Gasteiger partial charge >= 0.3 is 0 Å². The summed E-state index contributed by atoms with van der Waals surface area (Å²) in [6, 6.07) is 1.97. The number of hydrogen-bond acceptors (Lipinski definition) is 5. The van der Waals surface area contributed by atoms with Crippen molar-refractivity contribution >= 4 is 5.91 Å². The van der Waals surface area contributed by atoms with Gasteiger partial charge in [-0.15, -0.1) is 0 Å². The molecule has 2 aliphatic heterocycles. The Morgan fingerprint density at radius 3 is 2.77 bits per heavy atom. The molecule has 0 saturated carbocycles. The Morgan fingerprint density at radius 1 is 1.36 bits per heavy atom. The highest BCUT2D eigenvalue weighted by atomic mass is 16.5. The fraction of sp³-hybridized carbons (Fsp3) is 0.750. The molecule has 0 N–H and O–H groups in total. The number of nitrogens with zero attached hydrogens (tertiary/aromatic N) is 3. The van der Waals surface area contributed by atoms with Crippen molar-refractivity contribution in [3.63, 3.8) is 0 Å². The smallest absolute Gasteiger partial charge is 0.228 e. The summed E-state index contributed by atoms with van der Waals surface area (Å²) in [5.41, 5.74) is 0.912. The molecule has 2 fully saturated rings. The molecule has 0 bridgehead atoms. The minimum Gasteiger partial charge on any atom is -0.378 e. The van der Waals surface area contributed by atoms with Crippen molar-refractivity contribution in [1.29, 1.82) is 0 Å². The molecular weight excluding hydrogens is 282 g/mol. The maximum Gasteiger partial charge on any atom is 0.228 e. The zero-order chi connectivity index (χ0) is 15.5. The van der Waals surface area contributed by atoms with E-state index in [1.165, 1.54) is 0 Å². The van der Waals surface area contributed by atoms with Crippen LogP contribution in [0.15, 0.2) is 10.6 Å². The number of carbonyl (C=O) groups is 1. The fourth-order valence-corrected chi connectivity index (χ4v) is 3.32. The molecule has 2 unspecified atom stereocenters. The van der Waals surface area contributed by atoms with Crippen LogP contribution in [0.5, 0.6) is 0 Å². The summed E-state index contributed by atoms with van der Waals surface area (Å²) in [4.78, 5) is 16.9. The van der Waals surface area contributed by atoms with Gasteiger partial charge in [-0.2, -0.15) is 0 Å². The topological polar surface area (TPSA) is 58.8 Å². The summed E-state index contributed by atoms with van der Waals surface area (Å²) >= 11 is 0. The van der Waals surface area contributed by atoms with Crippen LogP contribution in [0, 0.1) is 12.8 Å². The molecule has 2 saturated heterocycles. The first-order valence-electron chi connectivity index (χ1n) is 8.18. The molecule has 2 atom stereocenters. The minimum atomic E-state index is 0.0391. The van der Waals surface area contributed by atoms with Gasteiger partial charge in [0.15, 0.2) is 5.76 Å². The van der Waals surface area contributed by atoms with E-state index in [-0.39, 0.29) is 17.9 Å². The molecule has 122 valence electrons. The first-order chi connectivity index (χ1) is 10.6. The summed E-state index contributed by atoms with van der Waals surface area (Å²) in [5.74, 6) is 1.20. The molecule has 0 aliphatic carbocycles. The van der Waals surface area contributed by atoms with Crippen molar-refractivity contribution < 1.29 is 14.1 Å². The molecule has 3 rings (SSSR count). The fourth-order valence-electron chi connectivity index (χ4n) is 3.32. The van der Waals surface area contributed by atoms with Gasteiger partial charge in [-0.25, -0.2) is 0 Å². The summed E-state index contributed by atoms with van der Waals surface area (Å²) in [6.07, 6.45) is 2.00. The molecule has 0 radical (unpaired) electrons. The summed E-state index contributed by atoms with van der Waals surface area (Å²) < 4.78 is 10.9. The Morgan fingerprint density at radius 2 is 2.14 bits per heavy atom. The Kier molecular flexibility index (Phi) is 4.78. The van der Waals surface area contributed by atoms with Crippen molar-refractivity contribution in [2.45, 2.75) is 39.3 Å². The van der Waals surface area contributed by atoms with Gasteiger partial charge in [-0.3, -0.25) is 9.69 Å². The largest absolute Gasteiger partial charge is 0.378 e. The van der Waals surface area contributed by atoms with Crippen LogP contribution in [0.4, 0.5) is 0 Å². The van der Waals surface area contributed by atoms with Gasteiger partial charge < -0.3 is 14.2 Å². The average Bonchev–Trinajstić information content (AvgIpc) is 2.93. The number of aryl methyl sites for hydroxylation is 1. The molecule has 1 aromatic rings. The molecule has 1 amide bonds. The number of ether oxygens (including phenoxy) is 1. The number of amides is 1. The van der Waals surface area contributed by atoms with Gasteiger partial charge in [0.2, 0.25) is 5.91 Å². The van der Waals surface area contributed by atoms with E-state index in [9.17, 15) is 4.79 Å². The van der Waals surface area contributed by atoms with Crippen molar-refractivity contribution in [3.8, 4) is 0 Å². The highest BCUT2D eigenvalue weighted by Gasteiger charge is 2.33. The van der Waals surface area contributed by atoms with E-state index in [1.807, 2.05) is 24.8 Å². The average molecular weight is 307 g/mol. The maximum atomic E-state index is 12.6. The van der Waals surface area contributed by atoms with E-state index in [4.69, 9.17) is 9.26 Å². The summed E-state index contributed by atoms with van der Waals surface area (Å²) in [5, 5.41) is 3.91. The van der Waals surface area contributed by atoms with Crippen LogP contribution >= 0.6 is 0 Å². The van der Waals surface area contributed by atoms with Crippen LogP contribution in [0.2, 0.25) is 0 Å². The van der Waals surface area contributed by atoms with E-state index >= 15 is 0 Å². The summed E-state index contributed by atoms with van der Waals surface area (Å²) in [6.45, 7) is 8.84. The van der Waals surface area contributed by atoms with Gasteiger partial charge in [0.1, 0.15) is 0 Å². The van der Waals surface area contributed by atoms with Crippen molar-refractivity contribution in [2.24, 2.45) is 5.92 Å². The second kappa shape index (κ2) is 6.79. The second-order valence-electron chi connectivity index (χ2n) is 6.36. The van der Waals surface area contributed by atoms with Gasteiger partial charge in [-0.05, 0) is 26.7 Å². The SMILES string of the molecule is Cc1cc(CN2CCN(C(=O)C3CCCOC3C)CC2)on1. The predicted molar refractivity (Wildman–Crippen MR) is 81.2 cm³/mol. The molecular formula is C16H25N3O3. The molecule has 22 heavy (non-hydrogen) atoms. The highest BCUT2D eigenvalue weighted by Crippen LogP contribution is 2.23. The zero-order valence-corrected chi connectivity index (χ0v) is 13.5. The Balaban J connectivity index is 1.49. The standard InChI is InChI=1S/C16H25N3O3/c1-12-10-14(22-17-12)11-18-5-7-19(8-6-18)16(20)15-4-3-9-21-13(15)2/h10,13,15H,3-9,11H2,1-2H3. The molecule has 2 aliphatic rings. The van der Waals surface area contributed by atoms with Crippen molar-refractivity contribution in [3.05, 3.63) is 17.5 Å². The van der Waals surface area contributed by atoms with Gasteiger partial charge in [-0.1, -0.05) is 5.16 Å². The van der Waals surface area contributed by atoms with E-state index in [1.54, 1.807) is 0 Å². The van der Waals surface area contributed by atoms with Crippen LogP contribution < -0.4 is 0 Å². The third kappa shape index (κ3) is 3.50.